The standard InChI is InChI=1S/C15H13F4N/c1-8-6-7-9(14(19)13(8)18)15(20-2)12-10(16)4-3-5-11(12)17/h3-7,15,20H,1-2H3. The molecule has 1 N–H and O–H groups in total. The Kier molecular flexibility index (Phi) is 4.09. The summed E-state index contributed by atoms with van der Waals surface area (Å²) in [5.74, 6) is -3.75. The van der Waals surface area contributed by atoms with Crippen molar-refractivity contribution in [2.24, 2.45) is 0 Å². The van der Waals surface area contributed by atoms with Crippen LogP contribution in [-0.4, -0.2) is 7.05 Å². The average Bonchev–Trinajstić information content (AvgIpc) is 2.42. The van der Waals surface area contributed by atoms with Gasteiger partial charge in [-0.15, -0.1) is 0 Å². The number of aryl methyl sites for hydroxylation is 1. The molecule has 2 rings (SSSR count). The zero-order chi connectivity index (χ0) is 14.9. The molecule has 0 saturated carbocycles. The molecule has 0 aliphatic heterocycles. The number of hydrogen-bond donors (Lipinski definition) is 1. The molecule has 1 atom stereocenters. The quantitative estimate of drug-likeness (QED) is 0.843. The Morgan fingerprint density at radius 1 is 0.900 bits per heavy atom. The second-order valence-corrected chi connectivity index (χ2v) is 4.46. The Hall–Kier alpha value is -1.88. The monoisotopic (exact) mass is 283 g/mol. The Labute approximate surface area is 114 Å². The Morgan fingerprint density at radius 2 is 1.50 bits per heavy atom. The van der Waals surface area contributed by atoms with Gasteiger partial charge in [-0.3, -0.25) is 0 Å². The summed E-state index contributed by atoms with van der Waals surface area (Å²) in [5.41, 5.74) is -0.341. The first kappa shape index (κ1) is 14.5. The van der Waals surface area contributed by atoms with Gasteiger partial charge in [0, 0.05) is 11.1 Å². The maximum absolute atomic E-state index is 14.0. The Bertz CT molecular complexity index is 620. The lowest BCUT2D eigenvalue weighted by molar-refractivity contribution is 0.469. The van der Waals surface area contributed by atoms with E-state index in [1.165, 1.54) is 32.2 Å². The van der Waals surface area contributed by atoms with Gasteiger partial charge in [-0.25, -0.2) is 17.6 Å². The molecule has 0 aliphatic carbocycles. The van der Waals surface area contributed by atoms with Gasteiger partial charge in [-0.1, -0.05) is 18.2 Å². The predicted molar refractivity (Wildman–Crippen MR) is 68.4 cm³/mol. The van der Waals surface area contributed by atoms with Crippen molar-refractivity contribution in [1.82, 2.24) is 5.32 Å². The molecule has 0 radical (unpaired) electrons. The molecule has 0 bridgehead atoms. The zero-order valence-electron chi connectivity index (χ0n) is 11.0. The van der Waals surface area contributed by atoms with Gasteiger partial charge < -0.3 is 5.32 Å². The molecule has 0 heterocycles. The van der Waals surface area contributed by atoms with Crippen LogP contribution >= 0.6 is 0 Å². The van der Waals surface area contributed by atoms with Crippen molar-refractivity contribution in [3.8, 4) is 0 Å². The third-order valence-electron chi connectivity index (χ3n) is 3.19. The minimum atomic E-state index is -1.11. The van der Waals surface area contributed by atoms with Crippen LogP contribution in [0.4, 0.5) is 17.6 Å². The Balaban J connectivity index is 2.62. The minimum Gasteiger partial charge on any atom is -0.309 e. The van der Waals surface area contributed by atoms with E-state index in [1.54, 1.807) is 0 Å². The number of rotatable bonds is 3. The third-order valence-corrected chi connectivity index (χ3v) is 3.19. The number of nitrogens with one attached hydrogen (secondary N) is 1. The summed E-state index contributed by atoms with van der Waals surface area (Å²) < 4.78 is 55.2. The maximum atomic E-state index is 14.0. The fourth-order valence-electron chi connectivity index (χ4n) is 2.13. The van der Waals surface area contributed by atoms with Gasteiger partial charge in [0.25, 0.3) is 0 Å². The summed E-state index contributed by atoms with van der Waals surface area (Å²) in [6.45, 7) is 1.42. The molecule has 1 unspecified atom stereocenters. The van der Waals surface area contributed by atoms with Crippen LogP contribution in [0, 0.1) is 30.2 Å². The zero-order valence-corrected chi connectivity index (χ0v) is 11.0. The van der Waals surface area contributed by atoms with Crippen molar-refractivity contribution in [1.29, 1.82) is 0 Å². The average molecular weight is 283 g/mol. The molecular weight excluding hydrogens is 270 g/mol. The molecule has 0 aliphatic rings. The van der Waals surface area contributed by atoms with Crippen LogP contribution in [0.2, 0.25) is 0 Å². The van der Waals surface area contributed by atoms with Crippen LogP contribution in [0.25, 0.3) is 0 Å². The van der Waals surface area contributed by atoms with E-state index in [-0.39, 0.29) is 16.7 Å². The molecule has 106 valence electrons. The van der Waals surface area contributed by atoms with E-state index in [0.29, 0.717) is 0 Å². The molecular formula is C15H13F4N. The minimum absolute atomic E-state index is 0.134. The molecule has 1 nitrogen and oxygen atoms in total. The van der Waals surface area contributed by atoms with Crippen molar-refractivity contribution in [3.63, 3.8) is 0 Å². The van der Waals surface area contributed by atoms with E-state index in [4.69, 9.17) is 0 Å². The van der Waals surface area contributed by atoms with Gasteiger partial charge in [0.1, 0.15) is 11.6 Å². The fourth-order valence-corrected chi connectivity index (χ4v) is 2.13. The summed E-state index contributed by atoms with van der Waals surface area (Å²) in [4.78, 5) is 0. The lowest BCUT2D eigenvalue weighted by Gasteiger charge is -2.19. The molecule has 2 aromatic rings. The van der Waals surface area contributed by atoms with Crippen molar-refractivity contribution >= 4 is 0 Å². The van der Waals surface area contributed by atoms with Crippen LogP contribution in [0.5, 0.6) is 0 Å². The maximum Gasteiger partial charge on any atom is 0.164 e. The van der Waals surface area contributed by atoms with E-state index >= 15 is 0 Å². The van der Waals surface area contributed by atoms with Crippen molar-refractivity contribution in [2.75, 3.05) is 7.05 Å². The summed E-state index contributed by atoms with van der Waals surface area (Å²) in [7, 11) is 1.42. The van der Waals surface area contributed by atoms with E-state index in [9.17, 15) is 17.6 Å². The van der Waals surface area contributed by atoms with E-state index < -0.39 is 29.3 Å². The second-order valence-electron chi connectivity index (χ2n) is 4.46. The summed E-state index contributed by atoms with van der Waals surface area (Å²) in [6, 6.07) is 4.95. The van der Waals surface area contributed by atoms with E-state index in [1.807, 2.05) is 0 Å². The summed E-state index contributed by atoms with van der Waals surface area (Å²) in [6.07, 6.45) is 0. The molecule has 0 aromatic heterocycles. The summed E-state index contributed by atoms with van der Waals surface area (Å²) >= 11 is 0. The second kappa shape index (κ2) is 5.63. The van der Waals surface area contributed by atoms with Crippen LogP contribution in [0.15, 0.2) is 30.3 Å². The highest BCUT2D eigenvalue weighted by Gasteiger charge is 2.25. The molecule has 0 amide bonds. The lowest BCUT2D eigenvalue weighted by atomic mass is 9.96. The van der Waals surface area contributed by atoms with E-state index in [2.05, 4.69) is 5.32 Å². The van der Waals surface area contributed by atoms with E-state index in [0.717, 1.165) is 12.1 Å². The Morgan fingerprint density at radius 3 is 2.05 bits per heavy atom. The first-order valence-electron chi connectivity index (χ1n) is 6.03. The lowest BCUT2D eigenvalue weighted by Crippen LogP contribution is -2.22. The van der Waals surface area contributed by atoms with Gasteiger partial charge in [0.15, 0.2) is 11.6 Å². The van der Waals surface area contributed by atoms with Crippen molar-refractivity contribution < 1.29 is 17.6 Å². The molecule has 5 heteroatoms. The van der Waals surface area contributed by atoms with Crippen LogP contribution in [0.1, 0.15) is 22.7 Å². The first-order valence-corrected chi connectivity index (χ1v) is 6.03. The van der Waals surface area contributed by atoms with Crippen LogP contribution in [-0.2, 0) is 0 Å². The molecule has 20 heavy (non-hydrogen) atoms. The smallest absolute Gasteiger partial charge is 0.164 e. The normalized spacial score (nSPS) is 12.5. The number of benzene rings is 2. The number of hydrogen-bond acceptors (Lipinski definition) is 1. The van der Waals surface area contributed by atoms with Gasteiger partial charge in [-0.2, -0.15) is 0 Å². The highest BCUT2D eigenvalue weighted by atomic mass is 19.2. The predicted octanol–water partition coefficient (Wildman–Crippen LogP) is 3.86. The highest BCUT2D eigenvalue weighted by molar-refractivity contribution is 5.36. The molecule has 2 aromatic carbocycles. The molecule has 0 spiro atoms. The fraction of sp³-hybridized carbons (Fsp3) is 0.200. The van der Waals surface area contributed by atoms with Gasteiger partial charge >= 0.3 is 0 Å². The topological polar surface area (TPSA) is 12.0 Å². The van der Waals surface area contributed by atoms with Gasteiger partial charge in [-0.05, 0) is 31.7 Å². The largest absolute Gasteiger partial charge is 0.309 e. The van der Waals surface area contributed by atoms with Crippen molar-refractivity contribution in [2.45, 2.75) is 13.0 Å². The van der Waals surface area contributed by atoms with Gasteiger partial charge in [0.05, 0.1) is 6.04 Å². The first-order chi connectivity index (χ1) is 9.47. The molecule has 0 saturated heterocycles. The molecule has 0 fully saturated rings. The van der Waals surface area contributed by atoms with Crippen LogP contribution < -0.4 is 5.32 Å². The van der Waals surface area contributed by atoms with Gasteiger partial charge in [0.2, 0.25) is 0 Å². The SMILES string of the molecule is CNC(c1ccc(C)c(F)c1F)c1c(F)cccc1F. The van der Waals surface area contributed by atoms with Crippen molar-refractivity contribution in [3.05, 3.63) is 70.3 Å². The highest BCUT2D eigenvalue weighted by Crippen LogP contribution is 2.30. The third kappa shape index (κ3) is 2.41. The summed E-state index contributed by atoms with van der Waals surface area (Å²) in [5, 5.41) is 2.62. The number of halogens is 4. The van der Waals surface area contributed by atoms with Crippen LogP contribution in [0.3, 0.4) is 0 Å².